The van der Waals surface area contributed by atoms with Gasteiger partial charge in [-0.2, -0.15) is 0 Å². The van der Waals surface area contributed by atoms with Crippen molar-refractivity contribution in [3.05, 3.63) is 48.0 Å². The number of sulfonamides is 1. The van der Waals surface area contributed by atoms with E-state index in [1.165, 1.54) is 34.8 Å². The number of likely N-dealkylation sites (N-methyl/N-ethyl adjacent to an activating group) is 1. The summed E-state index contributed by atoms with van der Waals surface area (Å²) in [6.45, 7) is 3.60. The number of anilines is 1. The molecule has 1 aromatic heterocycles. The molecule has 11 nitrogen and oxygen atoms in total. The molecule has 2 heterocycles. The SMILES string of the molecule is C[C@H](CO)N1C[C@H](C)[C@@H](CN(C)S(C)(=O)=O)Oc2c(NC(=O)c3cnccn3)cccc2C1=O. The van der Waals surface area contributed by atoms with Crippen LogP contribution in [0.1, 0.15) is 34.7 Å². The quantitative estimate of drug-likeness (QED) is 0.580. The van der Waals surface area contributed by atoms with E-state index in [0.717, 1.165) is 6.26 Å². The Kier molecular flexibility index (Phi) is 7.85. The highest BCUT2D eigenvalue weighted by Crippen LogP contribution is 2.35. The van der Waals surface area contributed by atoms with Crippen molar-refractivity contribution in [1.29, 1.82) is 0 Å². The predicted molar refractivity (Wildman–Crippen MR) is 125 cm³/mol. The highest BCUT2D eigenvalue weighted by atomic mass is 32.2. The van der Waals surface area contributed by atoms with E-state index in [0.29, 0.717) is 0 Å². The smallest absolute Gasteiger partial charge is 0.275 e. The lowest BCUT2D eigenvalue weighted by Gasteiger charge is -2.38. The van der Waals surface area contributed by atoms with E-state index in [-0.39, 0.29) is 54.2 Å². The number of aliphatic hydroxyl groups is 1. The Labute approximate surface area is 198 Å². The summed E-state index contributed by atoms with van der Waals surface area (Å²) in [4.78, 5) is 35.6. The number of aromatic nitrogens is 2. The van der Waals surface area contributed by atoms with Gasteiger partial charge in [0, 0.05) is 31.9 Å². The van der Waals surface area contributed by atoms with Crippen molar-refractivity contribution in [2.75, 3.05) is 38.3 Å². The molecule has 2 N–H and O–H groups in total. The normalized spacial score (nSPS) is 19.6. The molecule has 184 valence electrons. The van der Waals surface area contributed by atoms with Crippen LogP contribution in [0.2, 0.25) is 0 Å². The largest absolute Gasteiger partial charge is 0.486 e. The van der Waals surface area contributed by atoms with Gasteiger partial charge in [0.25, 0.3) is 11.8 Å². The number of aliphatic hydroxyl groups excluding tert-OH is 1. The van der Waals surface area contributed by atoms with Gasteiger partial charge in [-0.3, -0.25) is 14.6 Å². The summed E-state index contributed by atoms with van der Waals surface area (Å²) in [5, 5.41) is 12.4. The predicted octanol–water partition coefficient (Wildman–Crippen LogP) is 0.840. The van der Waals surface area contributed by atoms with Crippen LogP contribution in [0.4, 0.5) is 5.69 Å². The van der Waals surface area contributed by atoms with Crippen molar-refractivity contribution < 1.29 is 27.9 Å². The number of hydrogen-bond donors (Lipinski definition) is 2. The lowest BCUT2D eigenvalue weighted by molar-refractivity contribution is 0.0389. The first kappa shape index (κ1) is 25.5. The Balaban J connectivity index is 2.06. The van der Waals surface area contributed by atoms with E-state index in [9.17, 15) is 23.1 Å². The maximum atomic E-state index is 13.4. The number of ether oxygens (including phenoxy) is 1. The van der Waals surface area contributed by atoms with E-state index in [1.807, 2.05) is 6.92 Å². The van der Waals surface area contributed by atoms with Gasteiger partial charge in [0.05, 0.1) is 42.9 Å². The standard InChI is InChI=1S/C22H29N5O6S/c1-14-11-27(15(2)13-28)22(30)16-6-5-7-17(25-21(29)18-10-23-8-9-24-18)20(16)33-19(14)12-26(3)34(4,31)32/h5-10,14-15,19,28H,11-13H2,1-4H3,(H,25,29)/t14-,15+,19+/m0/s1. The van der Waals surface area contributed by atoms with Crippen molar-refractivity contribution in [1.82, 2.24) is 19.2 Å². The molecule has 12 heteroatoms. The molecular weight excluding hydrogens is 462 g/mol. The minimum Gasteiger partial charge on any atom is -0.486 e. The number of carbonyl (C=O) groups excluding carboxylic acids is 2. The number of nitrogens with one attached hydrogen (secondary N) is 1. The van der Waals surface area contributed by atoms with Gasteiger partial charge >= 0.3 is 0 Å². The van der Waals surface area contributed by atoms with Crippen LogP contribution >= 0.6 is 0 Å². The Hall–Kier alpha value is -3.09. The molecular formula is C22H29N5O6S. The number of amides is 2. The molecule has 1 aliphatic heterocycles. The van der Waals surface area contributed by atoms with Gasteiger partial charge in [-0.1, -0.05) is 13.0 Å². The van der Waals surface area contributed by atoms with E-state index in [2.05, 4.69) is 15.3 Å². The maximum absolute atomic E-state index is 13.4. The van der Waals surface area contributed by atoms with Gasteiger partial charge < -0.3 is 20.1 Å². The van der Waals surface area contributed by atoms with Crippen LogP contribution in [0, 0.1) is 5.92 Å². The van der Waals surface area contributed by atoms with E-state index in [4.69, 9.17) is 4.74 Å². The van der Waals surface area contributed by atoms with E-state index < -0.39 is 28.1 Å². The van der Waals surface area contributed by atoms with E-state index >= 15 is 0 Å². The zero-order valence-corrected chi connectivity index (χ0v) is 20.3. The number of para-hydroxylation sites is 1. The number of rotatable bonds is 7. The van der Waals surface area contributed by atoms with Crippen molar-refractivity contribution >= 4 is 27.5 Å². The molecule has 0 aliphatic carbocycles. The first-order valence-corrected chi connectivity index (χ1v) is 12.6. The minimum absolute atomic E-state index is 0.0292. The van der Waals surface area contributed by atoms with Gasteiger partial charge in [-0.05, 0) is 19.1 Å². The molecule has 0 unspecified atom stereocenters. The van der Waals surface area contributed by atoms with Gasteiger partial charge in [0.1, 0.15) is 11.8 Å². The second-order valence-corrected chi connectivity index (χ2v) is 10.5. The second kappa shape index (κ2) is 10.5. The topological polar surface area (TPSA) is 142 Å². The lowest BCUT2D eigenvalue weighted by atomic mass is 9.99. The third kappa shape index (κ3) is 5.69. The third-order valence-corrected chi connectivity index (χ3v) is 7.02. The number of fused-ring (bicyclic) bond motifs is 1. The fourth-order valence-corrected chi connectivity index (χ4v) is 3.97. The highest BCUT2D eigenvalue weighted by molar-refractivity contribution is 7.88. The summed E-state index contributed by atoms with van der Waals surface area (Å²) in [6, 6.07) is 4.28. The summed E-state index contributed by atoms with van der Waals surface area (Å²) < 4.78 is 31.5. The fourth-order valence-electron chi connectivity index (χ4n) is 3.55. The molecule has 0 saturated carbocycles. The van der Waals surface area contributed by atoms with Crippen molar-refractivity contribution in [3.63, 3.8) is 0 Å². The Morgan fingerprint density at radius 3 is 2.74 bits per heavy atom. The van der Waals surface area contributed by atoms with Crippen LogP contribution < -0.4 is 10.1 Å². The van der Waals surface area contributed by atoms with Gasteiger partial charge in [0.15, 0.2) is 5.75 Å². The molecule has 1 aromatic carbocycles. The van der Waals surface area contributed by atoms with Gasteiger partial charge in [-0.25, -0.2) is 17.7 Å². The van der Waals surface area contributed by atoms with Crippen LogP contribution in [0.25, 0.3) is 0 Å². The number of nitrogens with zero attached hydrogens (tertiary/aromatic N) is 4. The molecule has 0 bridgehead atoms. The molecule has 0 fully saturated rings. The molecule has 3 atom stereocenters. The zero-order chi connectivity index (χ0) is 25.0. The monoisotopic (exact) mass is 491 g/mol. The van der Waals surface area contributed by atoms with E-state index in [1.54, 1.807) is 25.1 Å². The number of benzene rings is 1. The first-order valence-electron chi connectivity index (χ1n) is 10.7. The molecule has 0 radical (unpaired) electrons. The van der Waals surface area contributed by atoms with Crippen molar-refractivity contribution in [2.45, 2.75) is 26.0 Å². The number of carbonyl (C=O) groups is 2. The Bertz CT molecular complexity index is 1140. The lowest BCUT2D eigenvalue weighted by Crippen LogP contribution is -2.50. The fraction of sp³-hybridized carbons (Fsp3) is 0.455. The van der Waals surface area contributed by atoms with Crippen molar-refractivity contribution in [3.8, 4) is 5.75 Å². The molecule has 0 spiro atoms. The Morgan fingerprint density at radius 1 is 1.38 bits per heavy atom. The van der Waals surface area contributed by atoms with Crippen LogP contribution in [-0.4, -0.2) is 89.7 Å². The summed E-state index contributed by atoms with van der Waals surface area (Å²) in [6.07, 6.45) is 4.60. The second-order valence-electron chi connectivity index (χ2n) is 8.39. The summed E-state index contributed by atoms with van der Waals surface area (Å²) in [7, 11) is -2.04. The average molecular weight is 492 g/mol. The van der Waals surface area contributed by atoms with Crippen molar-refractivity contribution in [2.24, 2.45) is 5.92 Å². The third-order valence-electron chi connectivity index (χ3n) is 5.74. The van der Waals surface area contributed by atoms with Gasteiger partial charge in [-0.15, -0.1) is 0 Å². The van der Waals surface area contributed by atoms with Crippen LogP contribution in [0.15, 0.2) is 36.8 Å². The molecule has 2 amide bonds. The highest BCUT2D eigenvalue weighted by Gasteiger charge is 2.35. The van der Waals surface area contributed by atoms with Crippen LogP contribution in [0.5, 0.6) is 5.75 Å². The molecule has 2 aromatic rings. The van der Waals surface area contributed by atoms with Crippen LogP contribution in [-0.2, 0) is 10.0 Å². The van der Waals surface area contributed by atoms with Crippen LogP contribution in [0.3, 0.4) is 0 Å². The zero-order valence-electron chi connectivity index (χ0n) is 19.5. The Morgan fingerprint density at radius 2 is 2.12 bits per heavy atom. The molecule has 0 saturated heterocycles. The summed E-state index contributed by atoms with van der Waals surface area (Å²) in [5.41, 5.74) is 0.505. The average Bonchev–Trinajstić information content (AvgIpc) is 2.81. The van der Waals surface area contributed by atoms with Gasteiger partial charge in [0.2, 0.25) is 10.0 Å². The summed E-state index contributed by atoms with van der Waals surface area (Å²) in [5.74, 6) is -1.08. The molecule has 34 heavy (non-hydrogen) atoms. The first-order chi connectivity index (χ1) is 16.0. The maximum Gasteiger partial charge on any atom is 0.275 e. The molecule has 1 aliphatic rings. The molecule has 3 rings (SSSR count). The number of hydrogen-bond acceptors (Lipinski definition) is 8. The minimum atomic E-state index is -3.49. The summed E-state index contributed by atoms with van der Waals surface area (Å²) >= 11 is 0.